The summed E-state index contributed by atoms with van der Waals surface area (Å²) in [6, 6.07) is 21.1. The van der Waals surface area contributed by atoms with Gasteiger partial charge in [-0.3, -0.25) is 4.90 Å². The van der Waals surface area contributed by atoms with Crippen molar-refractivity contribution in [1.29, 1.82) is 0 Å². The van der Waals surface area contributed by atoms with Crippen LogP contribution in [0.2, 0.25) is 0 Å². The lowest BCUT2D eigenvalue weighted by atomic mass is 9.83. The van der Waals surface area contributed by atoms with Crippen molar-refractivity contribution in [3.63, 3.8) is 0 Å². The van der Waals surface area contributed by atoms with Crippen LogP contribution in [0.1, 0.15) is 75.1 Å². The Hall–Kier alpha value is -3.89. The molecule has 0 bridgehead atoms. The van der Waals surface area contributed by atoms with Crippen LogP contribution in [0, 0.1) is 13.8 Å². The van der Waals surface area contributed by atoms with Gasteiger partial charge in [0.15, 0.2) is 0 Å². The summed E-state index contributed by atoms with van der Waals surface area (Å²) in [6.45, 7) is 5.66. The van der Waals surface area contributed by atoms with Crippen molar-refractivity contribution in [2.45, 2.75) is 71.7 Å². The summed E-state index contributed by atoms with van der Waals surface area (Å²) in [5.41, 5.74) is 9.49. The van der Waals surface area contributed by atoms with Crippen LogP contribution in [-0.4, -0.2) is 44.7 Å². The van der Waals surface area contributed by atoms with Crippen molar-refractivity contribution in [2.24, 2.45) is 0 Å². The number of nitrogens with zero attached hydrogens (tertiary/aromatic N) is 4. The fourth-order valence-electron chi connectivity index (χ4n) is 7.34. The molecule has 47 heavy (non-hydrogen) atoms. The summed E-state index contributed by atoms with van der Waals surface area (Å²) in [6.07, 6.45) is 5.83. The highest BCUT2D eigenvalue weighted by molar-refractivity contribution is 7.21. The van der Waals surface area contributed by atoms with Crippen molar-refractivity contribution < 1.29 is 14.6 Å². The molecule has 1 fully saturated rings. The lowest BCUT2D eigenvalue weighted by Gasteiger charge is -2.24. The smallest absolute Gasteiger partial charge is 0.346 e. The van der Waals surface area contributed by atoms with Crippen LogP contribution in [-0.2, 0) is 24.6 Å². The van der Waals surface area contributed by atoms with Gasteiger partial charge in [-0.2, -0.15) is 0 Å². The van der Waals surface area contributed by atoms with E-state index in [4.69, 9.17) is 9.72 Å². The molecule has 0 radical (unpaired) electrons. The lowest BCUT2D eigenvalue weighted by molar-refractivity contribution is 0.0700. The highest BCUT2D eigenvalue weighted by Gasteiger charge is 2.32. The van der Waals surface area contributed by atoms with E-state index in [0.29, 0.717) is 24.1 Å². The number of thiazole rings is 1. The average Bonchev–Trinajstić information content (AvgIpc) is 3.71. The van der Waals surface area contributed by atoms with E-state index in [1.165, 1.54) is 41.7 Å². The summed E-state index contributed by atoms with van der Waals surface area (Å²) in [4.78, 5) is 26.2. The Kier molecular flexibility index (Phi) is 8.98. The summed E-state index contributed by atoms with van der Waals surface area (Å²) < 4.78 is 9.22. The van der Waals surface area contributed by atoms with Gasteiger partial charge < -0.3 is 14.4 Å². The van der Waals surface area contributed by atoms with E-state index in [9.17, 15) is 9.90 Å². The molecule has 1 aliphatic rings. The molecule has 1 N–H and O–H groups in total. The lowest BCUT2D eigenvalue weighted by Crippen LogP contribution is -2.19. The molecule has 0 saturated heterocycles. The predicted molar refractivity (Wildman–Crippen MR) is 193 cm³/mol. The quantitative estimate of drug-likeness (QED) is 0.157. The third kappa shape index (κ3) is 6.13. The number of aryl methyl sites for hydroxylation is 2. The molecule has 9 heteroatoms. The monoisotopic (exact) mass is 664 g/mol. The van der Waals surface area contributed by atoms with E-state index >= 15 is 0 Å². The maximum Gasteiger partial charge on any atom is 0.346 e. The van der Waals surface area contributed by atoms with E-state index in [-0.39, 0.29) is 0 Å². The molecule has 0 spiro atoms. The topological polar surface area (TPSA) is 80.5 Å². The van der Waals surface area contributed by atoms with Crippen LogP contribution in [0.25, 0.3) is 42.9 Å². The number of fused-ring (bicyclic) bond motifs is 2. The molecular weight excluding hydrogens is 625 g/mol. The minimum Gasteiger partial charge on any atom is -0.477 e. The molecule has 1 aliphatic carbocycles. The largest absolute Gasteiger partial charge is 0.477 e. The standard InChI is InChI=1S/C38H40N4O3S2/c1-23-35(46-24(2)39-23)31-18-15-27-19-28(16-17-30(27)40-31)33-32(26-13-9-6-10-14-26)37-34(42(33)22-45-4)29(36(47-37)38(43)44)21-41(3)20-25-11-7-5-8-12-25/h5,7-8,11-12,15-19,26H,6,9-10,13-14,20-22H2,1-4H3,(H,43,44). The first-order valence-corrected chi connectivity index (χ1v) is 17.9. The average molecular weight is 665 g/mol. The maximum atomic E-state index is 12.8. The van der Waals surface area contributed by atoms with Gasteiger partial charge in [-0.15, -0.1) is 22.7 Å². The third-order valence-electron chi connectivity index (χ3n) is 9.31. The number of pyridine rings is 1. The zero-order valence-corrected chi connectivity index (χ0v) is 29.0. The van der Waals surface area contributed by atoms with Crippen molar-refractivity contribution in [1.82, 2.24) is 19.4 Å². The van der Waals surface area contributed by atoms with Crippen molar-refractivity contribution in [3.05, 3.63) is 92.9 Å². The number of thiophene rings is 1. The second kappa shape index (κ2) is 13.3. The van der Waals surface area contributed by atoms with Gasteiger partial charge in [0, 0.05) is 31.1 Å². The first-order chi connectivity index (χ1) is 22.8. The van der Waals surface area contributed by atoms with Gasteiger partial charge in [0.2, 0.25) is 0 Å². The summed E-state index contributed by atoms with van der Waals surface area (Å²) in [5, 5.41) is 12.6. The summed E-state index contributed by atoms with van der Waals surface area (Å²) in [7, 11) is 3.78. The molecule has 4 heterocycles. The number of carboxylic acid groups (broad SMARTS) is 1. The van der Waals surface area contributed by atoms with Gasteiger partial charge in [-0.1, -0.05) is 61.7 Å². The number of hydrogen-bond donors (Lipinski definition) is 1. The van der Waals surface area contributed by atoms with Gasteiger partial charge in [0.05, 0.1) is 42.7 Å². The number of hydrogen-bond acceptors (Lipinski definition) is 7. The Labute approximate surface area is 283 Å². The van der Waals surface area contributed by atoms with Gasteiger partial charge >= 0.3 is 5.97 Å². The number of carboxylic acids is 1. The Morgan fingerprint density at radius 1 is 1.00 bits per heavy atom. The number of aromatic nitrogens is 3. The Balaban J connectivity index is 1.39. The zero-order chi connectivity index (χ0) is 32.7. The third-order valence-corrected chi connectivity index (χ3v) is 11.6. The van der Waals surface area contributed by atoms with Crippen molar-refractivity contribution in [3.8, 4) is 21.8 Å². The number of methoxy groups -OCH3 is 1. The molecule has 6 aromatic rings. The van der Waals surface area contributed by atoms with Crippen LogP contribution in [0.15, 0.2) is 60.7 Å². The Morgan fingerprint density at radius 3 is 2.49 bits per heavy atom. The predicted octanol–water partition coefficient (Wildman–Crippen LogP) is 9.64. The van der Waals surface area contributed by atoms with Crippen LogP contribution >= 0.6 is 22.7 Å². The number of benzene rings is 2. The molecule has 7 nitrogen and oxygen atoms in total. The van der Waals surface area contributed by atoms with E-state index in [1.807, 2.05) is 32.0 Å². The molecule has 1 saturated carbocycles. The molecule has 2 aromatic carbocycles. The summed E-state index contributed by atoms with van der Waals surface area (Å²) in [5.74, 6) is -0.503. The molecule has 0 atom stereocenters. The number of ether oxygens (including phenoxy) is 1. The number of aromatic carboxylic acids is 1. The van der Waals surface area contributed by atoms with Gasteiger partial charge in [-0.05, 0) is 74.5 Å². The van der Waals surface area contributed by atoms with Crippen LogP contribution in [0.4, 0.5) is 0 Å². The number of rotatable bonds is 10. The fraction of sp³-hybridized carbons (Fsp3) is 0.342. The Morgan fingerprint density at radius 2 is 1.79 bits per heavy atom. The van der Waals surface area contributed by atoms with E-state index < -0.39 is 5.97 Å². The first kappa shape index (κ1) is 31.7. The molecule has 7 rings (SSSR count). The van der Waals surface area contributed by atoms with Gasteiger partial charge in [0.1, 0.15) is 11.6 Å². The number of carbonyl (C=O) groups is 1. The minimum absolute atomic E-state index is 0.336. The first-order valence-electron chi connectivity index (χ1n) is 16.3. The normalized spacial score (nSPS) is 14.1. The molecule has 0 unspecified atom stereocenters. The van der Waals surface area contributed by atoms with E-state index in [1.54, 1.807) is 18.4 Å². The molecule has 4 aromatic heterocycles. The SMILES string of the molecule is COCn1c(-c2ccc3nc(-c4sc(C)nc4C)ccc3c2)c(C2CCCCC2)c2sc(C(=O)O)c(CN(C)Cc3ccccc3)c21. The maximum absolute atomic E-state index is 12.8. The van der Waals surface area contributed by atoms with Crippen LogP contribution in [0.5, 0.6) is 0 Å². The highest BCUT2D eigenvalue weighted by Crippen LogP contribution is 2.49. The second-order valence-corrected chi connectivity index (χ2v) is 15.0. The highest BCUT2D eigenvalue weighted by atomic mass is 32.1. The van der Waals surface area contributed by atoms with E-state index in [2.05, 4.69) is 64.0 Å². The van der Waals surface area contributed by atoms with Crippen LogP contribution < -0.4 is 0 Å². The van der Waals surface area contributed by atoms with Crippen LogP contribution in [0.3, 0.4) is 0 Å². The molecule has 0 aliphatic heterocycles. The minimum atomic E-state index is -0.867. The van der Waals surface area contributed by atoms with E-state index in [0.717, 1.165) is 78.6 Å². The van der Waals surface area contributed by atoms with Crippen molar-refractivity contribution in [2.75, 3.05) is 14.2 Å². The zero-order valence-electron chi connectivity index (χ0n) is 27.4. The Bertz CT molecular complexity index is 2070. The molecule has 242 valence electrons. The van der Waals surface area contributed by atoms with Crippen molar-refractivity contribution >= 4 is 49.8 Å². The van der Waals surface area contributed by atoms with Gasteiger partial charge in [0.25, 0.3) is 0 Å². The fourth-order valence-corrected chi connectivity index (χ4v) is 9.51. The van der Waals surface area contributed by atoms with Gasteiger partial charge in [-0.25, -0.2) is 14.8 Å². The summed E-state index contributed by atoms with van der Waals surface area (Å²) >= 11 is 3.12. The second-order valence-electron chi connectivity index (χ2n) is 12.7. The molecular formula is C38H40N4O3S2. The molecule has 0 amide bonds.